The van der Waals surface area contributed by atoms with Crippen molar-refractivity contribution in [2.24, 2.45) is 0 Å². The molecule has 2 aromatic carbocycles. The minimum absolute atomic E-state index is 0.223. The van der Waals surface area contributed by atoms with Gasteiger partial charge in [-0.25, -0.2) is 4.79 Å². The van der Waals surface area contributed by atoms with Gasteiger partial charge >= 0.3 is 5.97 Å². The highest BCUT2D eigenvalue weighted by Gasteiger charge is 2.39. The number of anilines is 1. The van der Waals surface area contributed by atoms with E-state index in [9.17, 15) is 9.59 Å². The fraction of sp³-hybridized carbons (Fsp3) is 0.143. The molecule has 0 aliphatic carbocycles. The van der Waals surface area contributed by atoms with Gasteiger partial charge in [-0.05, 0) is 24.1 Å². The maximum absolute atomic E-state index is 12.9. The van der Waals surface area contributed by atoms with Gasteiger partial charge in [-0.2, -0.15) is 0 Å². The van der Waals surface area contributed by atoms with E-state index in [0.29, 0.717) is 27.5 Å². The first kappa shape index (κ1) is 17.4. The summed E-state index contributed by atoms with van der Waals surface area (Å²) in [7, 11) is 1.33. The Bertz CT molecular complexity index is 1060. The summed E-state index contributed by atoms with van der Waals surface area (Å²) in [4.78, 5) is 28.7. The van der Waals surface area contributed by atoms with Crippen molar-refractivity contribution >= 4 is 29.2 Å². The van der Waals surface area contributed by atoms with Gasteiger partial charge in [0.1, 0.15) is 0 Å². The quantitative estimate of drug-likeness (QED) is 0.656. The van der Waals surface area contributed by atoms with E-state index in [1.807, 2.05) is 36.4 Å². The summed E-state index contributed by atoms with van der Waals surface area (Å²) in [5.41, 5.74) is 4.57. The Morgan fingerprint density at radius 2 is 1.85 bits per heavy atom. The largest absolute Gasteiger partial charge is 0.465 e. The first-order chi connectivity index (χ1) is 13.0. The summed E-state index contributed by atoms with van der Waals surface area (Å²) in [6.45, 7) is 1.80. The lowest BCUT2D eigenvalue weighted by Gasteiger charge is -2.13. The molecule has 2 heterocycles. The van der Waals surface area contributed by atoms with Crippen molar-refractivity contribution in [3.63, 3.8) is 0 Å². The minimum Gasteiger partial charge on any atom is -0.465 e. The van der Waals surface area contributed by atoms with Gasteiger partial charge < -0.3 is 15.0 Å². The lowest BCUT2D eigenvalue weighted by Crippen LogP contribution is -2.17. The highest BCUT2D eigenvalue weighted by Crippen LogP contribution is 2.45. The van der Waals surface area contributed by atoms with Crippen molar-refractivity contribution in [2.75, 3.05) is 12.4 Å². The molecule has 1 amide bonds. The molecule has 136 valence electrons. The van der Waals surface area contributed by atoms with Gasteiger partial charge in [0.05, 0.1) is 35.0 Å². The molecule has 0 spiro atoms. The molecule has 1 aromatic heterocycles. The second-order valence-electron chi connectivity index (χ2n) is 6.40. The fourth-order valence-corrected chi connectivity index (χ4v) is 3.90. The standard InChI is InChI=1S/C21H17ClN2O3/c1-11-15(21(26)27-2)17(18(23-11)12-7-4-3-5-8-12)16-13-9-6-10-14(22)19(13)24-20(16)25/h3-10,16,23H,1-2H3,(H,24,25)/t16-/m1/s1. The van der Waals surface area contributed by atoms with Crippen LogP contribution in [-0.2, 0) is 9.53 Å². The molecule has 0 bridgehead atoms. The van der Waals surface area contributed by atoms with Gasteiger partial charge in [-0.15, -0.1) is 0 Å². The highest BCUT2D eigenvalue weighted by atomic mass is 35.5. The van der Waals surface area contributed by atoms with Crippen LogP contribution in [0.1, 0.15) is 33.1 Å². The third-order valence-corrected chi connectivity index (χ3v) is 5.15. The van der Waals surface area contributed by atoms with E-state index in [1.165, 1.54) is 7.11 Å². The van der Waals surface area contributed by atoms with Crippen LogP contribution in [0.2, 0.25) is 5.02 Å². The average molecular weight is 381 g/mol. The van der Waals surface area contributed by atoms with Gasteiger partial charge in [-0.3, -0.25) is 4.79 Å². The number of fused-ring (bicyclic) bond motifs is 1. The zero-order valence-corrected chi connectivity index (χ0v) is 15.6. The summed E-state index contributed by atoms with van der Waals surface area (Å²) in [6.07, 6.45) is 0. The molecule has 0 saturated carbocycles. The van der Waals surface area contributed by atoms with Crippen LogP contribution in [-0.4, -0.2) is 24.0 Å². The summed E-state index contributed by atoms with van der Waals surface area (Å²) in [6, 6.07) is 15.0. The SMILES string of the molecule is COC(=O)c1c(C)[nH]c(-c2ccccc2)c1[C@@H]1C(=O)Nc2c(Cl)cccc21. The number of rotatable bonds is 3. The molecule has 27 heavy (non-hydrogen) atoms. The number of amides is 1. The third-order valence-electron chi connectivity index (χ3n) is 4.83. The lowest BCUT2D eigenvalue weighted by molar-refractivity contribution is -0.116. The molecule has 4 rings (SSSR count). The molecular weight excluding hydrogens is 364 g/mol. The van der Waals surface area contributed by atoms with Crippen molar-refractivity contribution in [2.45, 2.75) is 12.8 Å². The summed E-state index contributed by atoms with van der Waals surface area (Å²) in [5.74, 6) is -1.36. The number of methoxy groups -OCH3 is 1. The van der Waals surface area contributed by atoms with Crippen molar-refractivity contribution in [3.8, 4) is 11.3 Å². The van der Waals surface area contributed by atoms with E-state index in [1.54, 1.807) is 19.1 Å². The van der Waals surface area contributed by atoms with E-state index in [0.717, 1.165) is 16.8 Å². The molecule has 2 N–H and O–H groups in total. The molecule has 1 aliphatic rings. The Morgan fingerprint density at radius 3 is 2.56 bits per heavy atom. The van der Waals surface area contributed by atoms with Crippen LogP contribution in [0.3, 0.4) is 0 Å². The second-order valence-corrected chi connectivity index (χ2v) is 6.80. The smallest absolute Gasteiger partial charge is 0.340 e. The number of hydrogen-bond donors (Lipinski definition) is 2. The fourth-order valence-electron chi connectivity index (χ4n) is 3.67. The van der Waals surface area contributed by atoms with Gasteiger partial charge in [0.25, 0.3) is 0 Å². The van der Waals surface area contributed by atoms with Gasteiger partial charge in [0.2, 0.25) is 5.91 Å². The van der Waals surface area contributed by atoms with Gasteiger partial charge in [-0.1, -0.05) is 54.1 Å². The maximum atomic E-state index is 12.9. The van der Waals surface area contributed by atoms with Crippen molar-refractivity contribution in [1.82, 2.24) is 4.98 Å². The molecule has 3 aromatic rings. The van der Waals surface area contributed by atoms with Crippen LogP contribution in [0.4, 0.5) is 5.69 Å². The van der Waals surface area contributed by atoms with E-state index in [-0.39, 0.29) is 5.91 Å². The predicted octanol–water partition coefficient (Wildman–Crippen LogP) is 4.51. The highest BCUT2D eigenvalue weighted by molar-refractivity contribution is 6.34. The number of aryl methyl sites for hydroxylation is 1. The van der Waals surface area contributed by atoms with Crippen molar-refractivity contribution in [1.29, 1.82) is 0 Å². The zero-order valence-electron chi connectivity index (χ0n) is 14.8. The Kier molecular flexibility index (Phi) is 4.24. The number of carbonyl (C=O) groups is 2. The average Bonchev–Trinajstić information content (AvgIpc) is 3.19. The van der Waals surface area contributed by atoms with Crippen molar-refractivity contribution in [3.05, 3.63) is 75.9 Å². The number of ether oxygens (including phenoxy) is 1. The molecule has 5 nitrogen and oxygen atoms in total. The van der Waals surface area contributed by atoms with Crippen LogP contribution in [0.25, 0.3) is 11.3 Å². The number of para-hydroxylation sites is 1. The topological polar surface area (TPSA) is 71.2 Å². The Balaban J connectivity index is 2.01. The summed E-state index contributed by atoms with van der Waals surface area (Å²) >= 11 is 6.27. The molecule has 1 aliphatic heterocycles. The first-order valence-electron chi connectivity index (χ1n) is 8.48. The minimum atomic E-state index is -0.659. The monoisotopic (exact) mass is 380 g/mol. The second kappa shape index (κ2) is 6.59. The molecular formula is C21H17ClN2O3. The Morgan fingerprint density at radius 1 is 1.11 bits per heavy atom. The molecule has 0 saturated heterocycles. The number of halogens is 1. The van der Waals surface area contributed by atoms with Crippen LogP contribution < -0.4 is 5.32 Å². The van der Waals surface area contributed by atoms with Gasteiger partial charge in [0.15, 0.2) is 0 Å². The molecule has 6 heteroatoms. The number of esters is 1. The van der Waals surface area contributed by atoms with E-state index >= 15 is 0 Å². The predicted molar refractivity (Wildman–Crippen MR) is 104 cm³/mol. The molecule has 1 atom stereocenters. The lowest BCUT2D eigenvalue weighted by atomic mass is 9.87. The number of benzene rings is 2. The first-order valence-corrected chi connectivity index (χ1v) is 8.86. The number of nitrogens with one attached hydrogen (secondary N) is 2. The number of H-pyrrole nitrogens is 1. The van der Waals surface area contributed by atoms with Crippen molar-refractivity contribution < 1.29 is 14.3 Å². The van der Waals surface area contributed by atoms with Crippen LogP contribution in [0.15, 0.2) is 48.5 Å². The van der Waals surface area contributed by atoms with Crippen LogP contribution >= 0.6 is 11.6 Å². The Hall–Kier alpha value is -3.05. The molecule has 0 unspecified atom stereocenters. The number of aromatic nitrogens is 1. The summed E-state index contributed by atoms with van der Waals surface area (Å²) < 4.78 is 5.00. The van der Waals surface area contributed by atoms with Crippen LogP contribution in [0, 0.1) is 6.92 Å². The number of aromatic amines is 1. The normalized spacial score (nSPS) is 15.4. The van der Waals surface area contributed by atoms with E-state index < -0.39 is 11.9 Å². The molecule has 0 fully saturated rings. The number of hydrogen-bond acceptors (Lipinski definition) is 3. The van der Waals surface area contributed by atoms with Gasteiger partial charge in [0, 0.05) is 11.3 Å². The van der Waals surface area contributed by atoms with E-state index in [2.05, 4.69) is 10.3 Å². The van der Waals surface area contributed by atoms with Crippen LogP contribution in [0.5, 0.6) is 0 Å². The summed E-state index contributed by atoms with van der Waals surface area (Å²) in [5, 5.41) is 3.32. The van der Waals surface area contributed by atoms with E-state index in [4.69, 9.17) is 16.3 Å². The third kappa shape index (κ3) is 2.71. The Labute approximate surface area is 161 Å². The number of carbonyl (C=O) groups excluding carboxylic acids is 2. The molecule has 0 radical (unpaired) electrons. The maximum Gasteiger partial charge on any atom is 0.340 e. The zero-order chi connectivity index (χ0) is 19.1.